The lowest BCUT2D eigenvalue weighted by molar-refractivity contribution is 0.295. The number of hydrogen-bond acceptors (Lipinski definition) is 4. The first-order valence-electron chi connectivity index (χ1n) is 5.84. The van der Waals surface area contributed by atoms with Crippen molar-refractivity contribution in [1.82, 2.24) is 4.72 Å². The first kappa shape index (κ1) is 15.5. The minimum Gasteiger partial charge on any atom is -0.452 e. The summed E-state index contributed by atoms with van der Waals surface area (Å²) in [7, 11) is -3.55. The molecule has 0 spiro atoms. The predicted molar refractivity (Wildman–Crippen MR) is 71.1 cm³/mol. The molecule has 1 aromatic heterocycles. The zero-order valence-electron chi connectivity index (χ0n) is 10.1. The second-order valence-corrected chi connectivity index (χ2v) is 6.38. The van der Waals surface area contributed by atoms with E-state index < -0.39 is 15.6 Å². The van der Waals surface area contributed by atoms with Gasteiger partial charge in [0.15, 0.2) is 0 Å². The average molecular weight is 295 g/mol. The largest absolute Gasteiger partial charge is 0.452 e. The van der Waals surface area contributed by atoms with E-state index in [1.165, 1.54) is 18.8 Å². The van der Waals surface area contributed by atoms with Crippen LogP contribution in [0.15, 0.2) is 27.9 Å². The van der Waals surface area contributed by atoms with Crippen LogP contribution in [0.3, 0.4) is 0 Å². The second kappa shape index (κ2) is 6.06. The number of halogens is 1. The van der Waals surface area contributed by atoms with E-state index in [-0.39, 0.29) is 24.0 Å². The normalized spacial score (nSPS) is 19.2. The van der Waals surface area contributed by atoms with Crippen LogP contribution >= 0.6 is 12.4 Å². The van der Waals surface area contributed by atoms with E-state index in [1.807, 2.05) is 0 Å². The number of rotatable bonds is 4. The van der Waals surface area contributed by atoms with Crippen molar-refractivity contribution < 1.29 is 12.8 Å². The van der Waals surface area contributed by atoms with E-state index in [0.717, 1.165) is 25.7 Å². The van der Waals surface area contributed by atoms with Crippen molar-refractivity contribution >= 4 is 22.4 Å². The molecule has 0 aromatic carbocycles. The van der Waals surface area contributed by atoms with Crippen LogP contribution in [0, 0.1) is 0 Å². The zero-order valence-corrected chi connectivity index (χ0v) is 11.7. The van der Waals surface area contributed by atoms with Crippen molar-refractivity contribution in [2.45, 2.75) is 42.7 Å². The molecule has 1 heterocycles. The Bertz CT molecular complexity index is 453. The van der Waals surface area contributed by atoms with Gasteiger partial charge in [0, 0.05) is 12.1 Å². The molecule has 5 nitrogen and oxygen atoms in total. The highest BCUT2D eigenvalue weighted by atomic mass is 35.5. The molecule has 18 heavy (non-hydrogen) atoms. The second-order valence-electron chi connectivity index (χ2n) is 4.68. The van der Waals surface area contributed by atoms with Crippen LogP contribution in [0.2, 0.25) is 0 Å². The van der Waals surface area contributed by atoms with Crippen LogP contribution in [0.1, 0.15) is 32.1 Å². The fraction of sp³-hybridized carbons (Fsp3) is 0.636. The van der Waals surface area contributed by atoms with Crippen LogP contribution < -0.4 is 10.5 Å². The Morgan fingerprint density at radius 2 is 2.00 bits per heavy atom. The molecule has 104 valence electrons. The van der Waals surface area contributed by atoms with Gasteiger partial charge >= 0.3 is 0 Å². The molecule has 2 rings (SSSR count). The maximum atomic E-state index is 11.8. The van der Waals surface area contributed by atoms with E-state index in [9.17, 15) is 8.42 Å². The molecule has 1 aromatic rings. The minimum absolute atomic E-state index is 0. The summed E-state index contributed by atoms with van der Waals surface area (Å²) in [6.07, 6.45) is 6.40. The Morgan fingerprint density at radius 3 is 2.56 bits per heavy atom. The summed E-state index contributed by atoms with van der Waals surface area (Å²) in [5.41, 5.74) is 5.76. The van der Waals surface area contributed by atoms with E-state index in [4.69, 9.17) is 10.2 Å². The zero-order chi connectivity index (χ0) is 12.4. The SMILES string of the molecule is Cl.NC1(CNS(=O)(=O)c2ccco2)CCCCC1. The number of sulfonamides is 1. The third kappa shape index (κ3) is 3.71. The molecule has 0 bridgehead atoms. The van der Waals surface area contributed by atoms with Gasteiger partial charge < -0.3 is 10.2 Å². The molecule has 0 aliphatic heterocycles. The average Bonchev–Trinajstić information content (AvgIpc) is 2.82. The summed E-state index contributed by atoms with van der Waals surface area (Å²) >= 11 is 0. The molecule has 1 aliphatic rings. The van der Waals surface area contributed by atoms with Gasteiger partial charge in [-0.1, -0.05) is 19.3 Å². The Morgan fingerprint density at radius 1 is 1.33 bits per heavy atom. The lowest BCUT2D eigenvalue weighted by Crippen LogP contribution is -2.51. The Hall–Kier alpha value is -0.560. The van der Waals surface area contributed by atoms with Gasteiger partial charge in [0.25, 0.3) is 10.0 Å². The highest BCUT2D eigenvalue weighted by Crippen LogP contribution is 2.25. The lowest BCUT2D eigenvalue weighted by atomic mass is 9.83. The van der Waals surface area contributed by atoms with Crippen molar-refractivity contribution in [3.05, 3.63) is 18.4 Å². The van der Waals surface area contributed by atoms with Crippen molar-refractivity contribution in [2.75, 3.05) is 6.54 Å². The highest BCUT2D eigenvalue weighted by molar-refractivity contribution is 7.89. The van der Waals surface area contributed by atoms with Crippen LogP contribution in [0.25, 0.3) is 0 Å². The topological polar surface area (TPSA) is 85.3 Å². The van der Waals surface area contributed by atoms with Crippen LogP contribution in [-0.2, 0) is 10.0 Å². The van der Waals surface area contributed by atoms with E-state index in [0.29, 0.717) is 0 Å². The van der Waals surface area contributed by atoms with Crippen LogP contribution in [0.4, 0.5) is 0 Å². The maximum Gasteiger partial charge on any atom is 0.274 e. The van der Waals surface area contributed by atoms with Crippen molar-refractivity contribution in [2.24, 2.45) is 5.73 Å². The smallest absolute Gasteiger partial charge is 0.274 e. The summed E-state index contributed by atoms with van der Waals surface area (Å²) < 4.78 is 31.0. The first-order valence-corrected chi connectivity index (χ1v) is 7.32. The molecule has 0 saturated heterocycles. The fourth-order valence-electron chi connectivity index (χ4n) is 2.16. The molecule has 1 aliphatic carbocycles. The maximum absolute atomic E-state index is 11.8. The molecular weight excluding hydrogens is 276 g/mol. The van der Waals surface area contributed by atoms with Crippen LogP contribution in [0.5, 0.6) is 0 Å². The van der Waals surface area contributed by atoms with Crippen LogP contribution in [-0.4, -0.2) is 20.5 Å². The number of furan rings is 1. The van der Waals surface area contributed by atoms with E-state index in [2.05, 4.69) is 4.72 Å². The number of nitrogens with one attached hydrogen (secondary N) is 1. The van der Waals surface area contributed by atoms with Gasteiger partial charge in [-0.05, 0) is 25.0 Å². The number of hydrogen-bond donors (Lipinski definition) is 2. The summed E-state index contributed by atoms with van der Waals surface area (Å²) in [6.45, 7) is 0.274. The van der Waals surface area contributed by atoms with Gasteiger partial charge in [-0.3, -0.25) is 0 Å². The Labute approximate surface area is 114 Å². The molecule has 1 saturated carbocycles. The van der Waals surface area contributed by atoms with E-state index in [1.54, 1.807) is 6.07 Å². The summed E-state index contributed by atoms with van der Waals surface area (Å²) in [4.78, 5) is 0. The molecule has 7 heteroatoms. The molecule has 0 radical (unpaired) electrons. The Balaban J connectivity index is 0.00000162. The van der Waals surface area contributed by atoms with Gasteiger partial charge in [-0.25, -0.2) is 13.1 Å². The predicted octanol–water partition coefficient (Wildman–Crippen LogP) is 1.64. The van der Waals surface area contributed by atoms with Gasteiger partial charge in [-0.15, -0.1) is 12.4 Å². The number of nitrogens with two attached hydrogens (primary N) is 1. The molecule has 0 atom stereocenters. The summed E-state index contributed by atoms with van der Waals surface area (Å²) in [6, 6.07) is 2.97. The summed E-state index contributed by atoms with van der Waals surface area (Å²) in [5, 5.41) is -0.0584. The Kier molecular flexibility index (Phi) is 5.21. The van der Waals surface area contributed by atoms with Gasteiger partial charge in [0.1, 0.15) is 0 Å². The third-order valence-corrected chi connectivity index (χ3v) is 4.51. The lowest BCUT2D eigenvalue weighted by Gasteiger charge is -2.33. The van der Waals surface area contributed by atoms with Gasteiger partial charge in [0.2, 0.25) is 5.09 Å². The van der Waals surface area contributed by atoms with Gasteiger partial charge in [0.05, 0.1) is 6.26 Å². The van der Waals surface area contributed by atoms with Gasteiger partial charge in [-0.2, -0.15) is 0 Å². The molecule has 3 N–H and O–H groups in total. The highest BCUT2D eigenvalue weighted by Gasteiger charge is 2.29. The van der Waals surface area contributed by atoms with Crippen molar-refractivity contribution in [3.63, 3.8) is 0 Å². The van der Waals surface area contributed by atoms with Crippen molar-refractivity contribution in [1.29, 1.82) is 0 Å². The van der Waals surface area contributed by atoms with Crippen molar-refractivity contribution in [3.8, 4) is 0 Å². The standard InChI is InChI=1S/C11H18N2O3S.ClH/c12-11(6-2-1-3-7-11)9-13-17(14,15)10-5-4-8-16-10;/h4-5,8,13H,1-3,6-7,9,12H2;1H. The molecule has 0 unspecified atom stereocenters. The molecule has 1 fully saturated rings. The van der Waals surface area contributed by atoms with E-state index >= 15 is 0 Å². The quantitative estimate of drug-likeness (QED) is 0.884. The monoisotopic (exact) mass is 294 g/mol. The minimum atomic E-state index is -3.55. The molecule has 0 amide bonds. The third-order valence-electron chi connectivity index (χ3n) is 3.22. The molecular formula is C11H19ClN2O3S. The fourth-order valence-corrected chi connectivity index (χ4v) is 3.22. The summed E-state index contributed by atoms with van der Waals surface area (Å²) in [5.74, 6) is 0. The first-order chi connectivity index (χ1) is 8.02.